The van der Waals surface area contributed by atoms with Crippen LogP contribution in [-0.4, -0.2) is 11.1 Å². The van der Waals surface area contributed by atoms with Crippen LogP contribution in [0.1, 0.15) is 188 Å². The summed E-state index contributed by atoms with van der Waals surface area (Å²) in [5, 5.41) is 10.0. The lowest BCUT2D eigenvalue weighted by atomic mass is 9.74. The largest absolute Gasteiger partial charge is 0.481 e. The predicted octanol–water partition coefficient (Wildman–Crippen LogP) is 11.5. The standard InChI is InChI=1S/C32H64O2/c1-5-8-10-12-14-15-16-17-18-19-20-21-23-25-28-32(4,31(33)34)29-30(26-7-3)27-24-22-13-11-9-6-2/h30H,5-29H2,1-4H3,(H,33,34). The molecule has 34 heavy (non-hydrogen) atoms. The van der Waals surface area contributed by atoms with E-state index >= 15 is 0 Å². The van der Waals surface area contributed by atoms with Crippen molar-refractivity contribution < 1.29 is 9.90 Å². The van der Waals surface area contributed by atoms with Crippen molar-refractivity contribution in [1.82, 2.24) is 0 Å². The number of hydrogen-bond donors (Lipinski definition) is 1. The third-order valence-corrected chi connectivity index (χ3v) is 8.00. The average molecular weight is 481 g/mol. The summed E-state index contributed by atoms with van der Waals surface area (Å²) >= 11 is 0. The average Bonchev–Trinajstić information content (AvgIpc) is 2.81. The van der Waals surface area contributed by atoms with Gasteiger partial charge in [-0.05, 0) is 25.7 Å². The predicted molar refractivity (Wildman–Crippen MR) is 152 cm³/mol. The maximum Gasteiger partial charge on any atom is 0.309 e. The first-order chi connectivity index (χ1) is 16.5. The molecule has 0 spiro atoms. The summed E-state index contributed by atoms with van der Waals surface area (Å²) in [6, 6.07) is 0. The van der Waals surface area contributed by atoms with Crippen LogP contribution in [0.25, 0.3) is 0 Å². The minimum atomic E-state index is -0.564. The van der Waals surface area contributed by atoms with Crippen molar-refractivity contribution in [2.24, 2.45) is 11.3 Å². The van der Waals surface area contributed by atoms with Gasteiger partial charge in [0.25, 0.3) is 0 Å². The van der Waals surface area contributed by atoms with E-state index in [0.717, 1.165) is 19.3 Å². The molecule has 0 rings (SSSR count). The first-order valence-corrected chi connectivity index (χ1v) is 15.7. The van der Waals surface area contributed by atoms with Crippen LogP contribution in [0.3, 0.4) is 0 Å². The van der Waals surface area contributed by atoms with Gasteiger partial charge in [-0.1, -0.05) is 168 Å². The molecule has 2 unspecified atom stereocenters. The number of carbonyl (C=O) groups is 1. The van der Waals surface area contributed by atoms with Crippen molar-refractivity contribution in [3.8, 4) is 0 Å². The van der Waals surface area contributed by atoms with Crippen molar-refractivity contribution in [3.05, 3.63) is 0 Å². The lowest BCUT2D eigenvalue weighted by Gasteiger charge is -2.30. The molecule has 2 heteroatoms. The summed E-state index contributed by atoms with van der Waals surface area (Å²) in [4.78, 5) is 12.2. The highest BCUT2D eigenvalue weighted by Crippen LogP contribution is 2.36. The van der Waals surface area contributed by atoms with Gasteiger partial charge in [0.1, 0.15) is 0 Å². The summed E-state index contributed by atoms with van der Waals surface area (Å²) in [7, 11) is 0. The van der Waals surface area contributed by atoms with E-state index in [2.05, 4.69) is 20.8 Å². The van der Waals surface area contributed by atoms with Gasteiger partial charge in [0.15, 0.2) is 0 Å². The van der Waals surface area contributed by atoms with Gasteiger partial charge in [0, 0.05) is 0 Å². The molecule has 0 saturated heterocycles. The molecule has 1 N–H and O–H groups in total. The lowest BCUT2D eigenvalue weighted by Crippen LogP contribution is -2.30. The fraction of sp³-hybridized carbons (Fsp3) is 0.969. The maximum absolute atomic E-state index is 12.2. The third-order valence-electron chi connectivity index (χ3n) is 8.00. The summed E-state index contributed by atoms with van der Waals surface area (Å²) in [5.41, 5.74) is -0.529. The maximum atomic E-state index is 12.2. The fourth-order valence-electron chi connectivity index (χ4n) is 5.61. The first-order valence-electron chi connectivity index (χ1n) is 15.7. The van der Waals surface area contributed by atoms with Crippen LogP contribution >= 0.6 is 0 Å². The zero-order valence-electron chi connectivity index (χ0n) is 24.1. The van der Waals surface area contributed by atoms with Crippen LogP contribution in [0.2, 0.25) is 0 Å². The van der Waals surface area contributed by atoms with Crippen molar-refractivity contribution in [1.29, 1.82) is 0 Å². The minimum Gasteiger partial charge on any atom is -0.481 e. The molecule has 0 amide bonds. The normalized spacial score (nSPS) is 14.2. The molecule has 2 atom stereocenters. The minimum absolute atomic E-state index is 0.529. The second-order valence-corrected chi connectivity index (χ2v) is 11.6. The molecule has 0 saturated carbocycles. The van der Waals surface area contributed by atoms with Gasteiger partial charge in [0.05, 0.1) is 5.41 Å². The van der Waals surface area contributed by atoms with Crippen LogP contribution in [0.4, 0.5) is 0 Å². The molecule has 0 aromatic carbocycles. The van der Waals surface area contributed by atoms with E-state index < -0.39 is 11.4 Å². The van der Waals surface area contributed by atoms with Crippen LogP contribution < -0.4 is 0 Å². The van der Waals surface area contributed by atoms with E-state index in [1.807, 2.05) is 6.92 Å². The van der Waals surface area contributed by atoms with Crippen LogP contribution in [0.15, 0.2) is 0 Å². The Morgan fingerprint density at radius 1 is 0.559 bits per heavy atom. The quantitative estimate of drug-likeness (QED) is 0.119. The van der Waals surface area contributed by atoms with E-state index in [1.54, 1.807) is 0 Å². The van der Waals surface area contributed by atoms with Gasteiger partial charge in [-0.2, -0.15) is 0 Å². The van der Waals surface area contributed by atoms with Crippen LogP contribution in [0.5, 0.6) is 0 Å². The number of aliphatic carboxylic acids is 1. The van der Waals surface area contributed by atoms with E-state index in [1.165, 1.54) is 141 Å². The number of carboxylic acid groups (broad SMARTS) is 1. The number of unbranched alkanes of at least 4 members (excludes halogenated alkanes) is 18. The topological polar surface area (TPSA) is 37.3 Å². The Morgan fingerprint density at radius 2 is 0.941 bits per heavy atom. The van der Waals surface area contributed by atoms with E-state index in [0.29, 0.717) is 5.92 Å². The second kappa shape index (κ2) is 24.2. The van der Waals surface area contributed by atoms with Crippen LogP contribution in [0, 0.1) is 11.3 Å². The van der Waals surface area contributed by atoms with Crippen molar-refractivity contribution in [2.75, 3.05) is 0 Å². The van der Waals surface area contributed by atoms with Gasteiger partial charge < -0.3 is 5.11 Å². The van der Waals surface area contributed by atoms with Gasteiger partial charge in [-0.3, -0.25) is 4.79 Å². The number of rotatable bonds is 27. The van der Waals surface area contributed by atoms with Gasteiger partial charge in [0.2, 0.25) is 0 Å². The summed E-state index contributed by atoms with van der Waals surface area (Å²) in [6.45, 7) is 8.83. The van der Waals surface area contributed by atoms with E-state index in [4.69, 9.17) is 0 Å². The highest BCUT2D eigenvalue weighted by Gasteiger charge is 2.34. The monoisotopic (exact) mass is 480 g/mol. The van der Waals surface area contributed by atoms with Crippen molar-refractivity contribution in [3.63, 3.8) is 0 Å². The Bertz CT molecular complexity index is 433. The van der Waals surface area contributed by atoms with Crippen molar-refractivity contribution in [2.45, 2.75) is 188 Å². The van der Waals surface area contributed by atoms with E-state index in [-0.39, 0.29) is 0 Å². The summed E-state index contributed by atoms with van der Waals surface area (Å²) < 4.78 is 0. The summed E-state index contributed by atoms with van der Waals surface area (Å²) in [6.07, 6.45) is 32.2. The van der Waals surface area contributed by atoms with Gasteiger partial charge in [-0.15, -0.1) is 0 Å². The zero-order chi connectivity index (χ0) is 25.3. The SMILES string of the molecule is CCCCCCCCCCCCCCCCC(C)(CC(CCC)CCCCCCCC)C(=O)O. The summed E-state index contributed by atoms with van der Waals surface area (Å²) in [5.74, 6) is 0.0233. The molecule has 0 bridgehead atoms. The highest BCUT2D eigenvalue weighted by molar-refractivity contribution is 5.74. The Kier molecular flexibility index (Phi) is 23.8. The van der Waals surface area contributed by atoms with Gasteiger partial charge >= 0.3 is 5.97 Å². The van der Waals surface area contributed by atoms with Crippen molar-refractivity contribution >= 4 is 5.97 Å². The van der Waals surface area contributed by atoms with Gasteiger partial charge in [-0.25, -0.2) is 0 Å². The molecule has 204 valence electrons. The molecular weight excluding hydrogens is 416 g/mol. The molecule has 0 fully saturated rings. The third kappa shape index (κ3) is 19.7. The molecule has 0 aliphatic carbocycles. The molecular formula is C32H64O2. The van der Waals surface area contributed by atoms with E-state index in [9.17, 15) is 9.90 Å². The Labute approximate surface area is 215 Å². The molecule has 0 radical (unpaired) electrons. The molecule has 0 heterocycles. The molecule has 2 nitrogen and oxygen atoms in total. The molecule has 0 aromatic heterocycles. The second-order valence-electron chi connectivity index (χ2n) is 11.6. The molecule has 0 aliphatic heterocycles. The smallest absolute Gasteiger partial charge is 0.309 e. The lowest BCUT2D eigenvalue weighted by molar-refractivity contribution is -0.149. The zero-order valence-corrected chi connectivity index (χ0v) is 24.1. The number of hydrogen-bond acceptors (Lipinski definition) is 1. The highest BCUT2D eigenvalue weighted by atomic mass is 16.4. The molecule has 0 aliphatic rings. The Balaban J connectivity index is 3.97. The fourth-order valence-corrected chi connectivity index (χ4v) is 5.61. The molecule has 0 aromatic rings. The van der Waals surface area contributed by atoms with Crippen LogP contribution in [-0.2, 0) is 4.79 Å². The first kappa shape index (κ1) is 33.5. The Morgan fingerprint density at radius 3 is 1.32 bits per heavy atom. The Hall–Kier alpha value is -0.530. The number of carboxylic acids is 1.